The summed E-state index contributed by atoms with van der Waals surface area (Å²) in [4.78, 5) is 15.7. The zero-order chi connectivity index (χ0) is 23.8. The zero-order valence-electron chi connectivity index (χ0n) is 19.6. The van der Waals surface area contributed by atoms with Crippen molar-refractivity contribution in [3.63, 3.8) is 0 Å². The molecule has 1 N–H and O–H groups in total. The normalized spacial score (nSPS) is 23.7. The van der Waals surface area contributed by atoms with Gasteiger partial charge in [0.1, 0.15) is 30.7 Å². The smallest absolute Gasteiger partial charge is 0.213 e. The van der Waals surface area contributed by atoms with Crippen LogP contribution in [0.25, 0.3) is 11.0 Å². The van der Waals surface area contributed by atoms with Gasteiger partial charge in [-0.25, -0.2) is 9.37 Å². The molecule has 3 aromatic rings. The lowest BCUT2D eigenvalue weighted by molar-refractivity contribution is 0.0956. The number of halogens is 1. The van der Waals surface area contributed by atoms with Gasteiger partial charge in [0.2, 0.25) is 5.88 Å². The SMILES string of the molecule is COc1ccc2ncc3c(c2n1)C(CN1CC[C@H](NCc2cc4c(cn2)OCCO4)[C@@H](F)C1)CO3. The van der Waals surface area contributed by atoms with Crippen molar-refractivity contribution in [1.82, 2.24) is 25.2 Å². The number of aromatic nitrogens is 3. The quantitative estimate of drug-likeness (QED) is 0.570. The lowest BCUT2D eigenvalue weighted by Gasteiger charge is -2.36. The molecule has 0 radical (unpaired) electrons. The van der Waals surface area contributed by atoms with Crippen LogP contribution in [0.2, 0.25) is 0 Å². The number of fused-ring (bicyclic) bond motifs is 4. The third-order valence-corrected chi connectivity index (χ3v) is 6.88. The Morgan fingerprint density at radius 1 is 1.11 bits per heavy atom. The maximum Gasteiger partial charge on any atom is 0.213 e. The molecule has 0 saturated carbocycles. The van der Waals surface area contributed by atoms with Gasteiger partial charge in [0.15, 0.2) is 11.5 Å². The third-order valence-electron chi connectivity index (χ3n) is 6.88. The summed E-state index contributed by atoms with van der Waals surface area (Å²) in [6, 6.07) is 5.36. The van der Waals surface area contributed by atoms with E-state index in [0.29, 0.717) is 56.8 Å². The molecule has 3 aliphatic heterocycles. The van der Waals surface area contributed by atoms with Crippen molar-refractivity contribution in [1.29, 1.82) is 0 Å². The fourth-order valence-corrected chi connectivity index (χ4v) is 5.09. The summed E-state index contributed by atoms with van der Waals surface area (Å²) in [5.74, 6) is 2.76. The summed E-state index contributed by atoms with van der Waals surface area (Å²) in [5, 5.41) is 3.34. The Bertz CT molecular complexity index is 1230. The fourth-order valence-electron chi connectivity index (χ4n) is 5.09. The molecule has 1 saturated heterocycles. The van der Waals surface area contributed by atoms with Crippen molar-refractivity contribution in [3.05, 3.63) is 41.9 Å². The van der Waals surface area contributed by atoms with Crippen LogP contribution >= 0.6 is 0 Å². The number of likely N-dealkylation sites (tertiary alicyclic amines) is 1. The van der Waals surface area contributed by atoms with E-state index in [1.807, 2.05) is 12.1 Å². The van der Waals surface area contributed by atoms with E-state index in [2.05, 4.69) is 25.2 Å². The van der Waals surface area contributed by atoms with E-state index >= 15 is 4.39 Å². The summed E-state index contributed by atoms with van der Waals surface area (Å²) in [7, 11) is 1.60. The second kappa shape index (κ2) is 9.43. The van der Waals surface area contributed by atoms with Gasteiger partial charge in [-0.05, 0) is 19.0 Å². The van der Waals surface area contributed by atoms with Crippen molar-refractivity contribution in [2.45, 2.75) is 31.1 Å². The first kappa shape index (κ1) is 22.2. The standard InChI is InChI=1S/C25H28FN5O4/c1-32-23-3-2-19-25(30-23)24-15(14-35-22(24)11-29-19)12-31-5-4-18(17(26)13-31)28-9-16-8-20-21(10-27-16)34-7-6-33-20/h2-3,8,10-11,15,17-18,28H,4-7,9,12-14H2,1H3/t15?,17-,18-/m0/s1. The van der Waals surface area contributed by atoms with Crippen LogP contribution in [0.4, 0.5) is 4.39 Å². The molecule has 3 atom stereocenters. The number of methoxy groups -OCH3 is 1. The molecule has 10 heteroatoms. The highest BCUT2D eigenvalue weighted by atomic mass is 19.1. The molecule has 9 nitrogen and oxygen atoms in total. The first-order valence-electron chi connectivity index (χ1n) is 12.0. The fraction of sp³-hybridized carbons (Fsp3) is 0.480. The Labute approximate surface area is 202 Å². The molecule has 0 aliphatic carbocycles. The summed E-state index contributed by atoms with van der Waals surface area (Å²) in [6.07, 6.45) is 3.17. The van der Waals surface area contributed by atoms with Gasteiger partial charge >= 0.3 is 0 Å². The summed E-state index contributed by atoms with van der Waals surface area (Å²) in [6.45, 7) is 3.97. The number of ether oxygens (including phenoxy) is 4. The molecule has 0 aromatic carbocycles. The molecular weight excluding hydrogens is 453 g/mol. The van der Waals surface area contributed by atoms with E-state index in [1.165, 1.54) is 0 Å². The largest absolute Gasteiger partial charge is 0.491 e. The number of hydrogen-bond donors (Lipinski definition) is 1. The molecule has 1 unspecified atom stereocenters. The van der Waals surface area contributed by atoms with E-state index < -0.39 is 6.17 Å². The lowest BCUT2D eigenvalue weighted by atomic mass is 9.97. The Morgan fingerprint density at radius 2 is 1.97 bits per heavy atom. The Kier molecular flexibility index (Phi) is 5.99. The minimum absolute atomic E-state index is 0.105. The molecule has 0 bridgehead atoms. The van der Waals surface area contributed by atoms with Crippen molar-refractivity contribution < 1.29 is 23.3 Å². The van der Waals surface area contributed by atoms with E-state index in [9.17, 15) is 0 Å². The molecule has 6 heterocycles. The molecule has 0 amide bonds. The topological polar surface area (TPSA) is 90.9 Å². The highest BCUT2D eigenvalue weighted by Gasteiger charge is 2.34. The Morgan fingerprint density at radius 3 is 2.83 bits per heavy atom. The van der Waals surface area contributed by atoms with Crippen LogP contribution in [0.1, 0.15) is 23.6 Å². The van der Waals surface area contributed by atoms with Crippen LogP contribution in [-0.4, -0.2) is 78.6 Å². The average molecular weight is 482 g/mol. The van der Waals surface area contributed by atoms with Gasteiger partial charge in [0, 0.05) is 49.3 Å². The predicted molar refractivity (Wildman–Crippen MR) is 126 cm³/mol. The zero-order valence-corrected chi connectivity index (χ0v) is 19.6. The van der Waals surface area contributed by atoms with Gasteiger partial charge in [-0.2, -0.15) is 0 Å². The number of nitrogens with zero attached hydrogens (tertiary/aromatic N) is 4. The van der Waals surface area contributed by atoms with Gasteiger partial charge in [-0.3, -0.25) is 14.9 Å². The molecule has 0 spiro atoms. The number of alkyl halides is 1. The van der Waals surface area contributed by atoms with Crippen molar-refractivity contribution in [3.8, 4) is 23.1 Å². The van der Waals surface area contributed by atoms with Gasteiger partial charge in [-0.1, -0.05) is 0 Å². The number of pyridine rings is 3. The van der Waals surface area contributed by atoms with Gasteiger partial charge < -0.3 is 24.3 Å². The van der Waals surface area contributed by atoms with E-state index in [4.69, 9.17) is 18.9 Å². The van der Waals surface area contributed by atoms with Crippen LogP contribution in [0.15, 0.2) is 30.6 Å². The van der Waals surface area contributed by atoms with Crippen molar-refractivity contribution in [2.75, 3.05) is 46.6 Å². The summed E-state index contributed by atoms with van der Waals surface area (Å²) < 4.78 is 37.5. The predicted octanol–water partition coefficient (Wildman–Crippen LogP) is 2.48. The number of piperidine rings is 1. The average Bonchev–Trinajstić information content (AvgIpc) is 3.31. The summed E-state index contributed by atoms with van der Waals surface area (Å²) >= 11 is 0. The number of rotatable bonds is 6. The van der Waals surface area contributed by atoms with Crippen LogP contribution in [-0.2, 0) is 6.54 Å². The highest BCUT2D eigenvalue weighted by Crippen LogP contribution is 2.39. The molecule has 35 heavy (non-hydrogen) atoms. The van der Waals surface area contributed by atoms with Crippen LogP contribution in [0, 0.1) is 0 Å². The monoisotopic (exact) mass is 481 g/mol. The van der Waals surface area contributed by atoms with Crippen LogP contribution in [0.3, 0.4) is 0 Å². The third kappa shape index (κ3) is 4.43. The second-order valence-corrected chi connectivity index (χ2v) is 9.14. The minimum Gasteiger partial charge on any atom is -0.491 e. The number of hydrogen-bond acceptors (Lipinski definition) is 9. The lowest BCUT2D eigenvalue weighted by Crippen LogP contribution is -2.51. The molecule has 6 rings (SSSR count). The number of nitrogens with one attached hydrogen (secondary N) is 1. The van der Waals surface area contributed by atoms with Crippen molar-refractivity contribution in [2.24, 2.45) is 0 Å². The van der Waals surface area contributed by atoms with Gasteiger partial charge in [0.05, 0.1) is 37.3 Å². The van der Waals surface area contributed by atoms with Gasteiger partial charge in [-0.15, -0.1) is 0 Å². The molecule has 184 valence electrons. The molecular formula is C25H28FN5O4. The molecule has 3 aliphatic rings. The second-order valence-electron chi connectivity index (χ2n) is 9.14. The van der Waals surface area contributed by atoms with E-state index in [0.717, 1.165) is 41.0 Å². The van der Waals surface area contributed by atoms with Crippen LogP contribution < -0.4 is 24.3 Å². The maximum absolute atomic E-state index is 15.2. The van der Waals surface area contributed by atoms with E-state index in [1.54, 1.807) is 25.6 Å². The first-order valence-corrected chi connectivity index (χ1v) is 12.0. The molecule has 1 fully saturated rings. The first-order chi connectivity index (χ1) is 17.2. The van der Waals surface area contributed by atoms with Crippen LogP contribution in [0.5, 0.6) is 23.1 Å². The molecule has 3 aromatic heterocycles. The van der Waals surface area contributed by atoms with Gasteiger partial charge in [0.25, 0.3) is 0 Å². The highest BCUT2D eigenvalue weighted by molar-refractivity contribution is 5.81. The Hall–Kier alpha value is -3.24. The minimum atomic E-state index is -0.977. The maximum atomic E-state index is 15.2. The summed E-state index contributed by atoms with van der Waals surface area (Å²) in [5.41, 5.74) is 3.45. The van der Waals surface area contributed by atoms with Crippen molar-refractivity contribution >= 4 is 11.0 Å². The van der Waals surface area contributed by atoms with E-state index in [-0.39, 0.29) is 12.0 Å². The Balaban J connectivity index is 1.08.